The standard InChI is InChI=1S/C27H36FN7/c1-18(2)34-16-27(17-34)8-10-33(11-9-27)24-7-6-22(12-23(24)28)31-26-29-13-20(5)25(32-26)21-14-30-35(15-21)19(3)4/h6-7,12-15,18-19H,8-11,16-17H2,1-5H3,(H,29,31,32). The minimum Gasteiger partial charge on any atom is -0.369 e. The molecule has 2 aromatic heterocycles. The molecule has 8 heteroatoms. The van der Waals surface area contributed by atoms with Crippen LogP contribution in [-0.2, 0) is 0 Å². The summed E-state index contributed by atoms with van der Waals surface area (Å²) < 4.78 is 17.0. The fraction of sp³-hybridized carbons (Fsp3) is 0.519. The van der Waals surface area contributed by atoms with Gasteiger partial charge in [-0.05, 0) is 76.6 Å². The van der Waals surface area contributed by atoms with E-state index >= 15 is 4.39 Å². The van der Waals surface area contributed by atoms with E-state index in [1.54, 1.807) is 12.3 Å². The number of hydrogen-bond acceptors (Lipinski definition) is 6. The number of rotatable bonds is 6. The van der Waals surface area contributed by atoms with Crippen LogP contribution in [0.4, 0.5) is 21.7 Å². The van der Waals surface area contributed by atoms with Gasteiger partial charge in [-0.2, -0.15) is 5.10 Å². The molecule has 1 aromatic carbocycles. The van der Waals surface area contributed by atoms with Crippen LogP contribution in [0, 0.1) is 18.2 Å². The van der Waals surface area contributed by atoms with Crippen molar-refractivity contribution in [2.75, 3.05) is 36.4 Å². The minimum atomic E-state index is -0.214. The number of anilines is 3. The van der Waals surface area contributed by atoms with Crippen molar-refractivity contribution < 1.29 is 4.39 Å². The Morgan fingerprint density at radius 3 is 2.40 bits per heavy atom. The monoisotopic (exact) mass is 477 g/mol. The molecule has 2 fully saturated rings. The Labute approximate surface area is 207 Å². The van der Waals surface area contributed by atoms with Crippen molar-refractivity contribution in [1.29, 1.82) is 0 Å². The van der Waals surface area contributed by atoms with Crippen molar-refractivity contribution in [2.24, 2.45) is 5.41 Å². The van der Waals surface area contributed by atoms with Gasteiger partial charge in [-0.3, -0.25) is 9.58 Å². The predicted octanol–water partition coefficient (Wildman–Crippen LogP) is 5.42. The number of piperidine rings is 1. The molecular weight excluding hydrogens is 441 g/mol. The first-order valence-electron chi connectivity index (χ1n) is 12.7. The molecule has 1 spiro atoms. The lowest BCUT2D eigenvalue weighted by molar-refractivity contribution is -0.0381. The maximum atomic E-state index is 15.1. The second-order valence-electron chi connectivity index (χ2n) is 10.8. The van der Waals surface area contributed by atoms with Gasteiger partial charge < -0.3 is 10.2 Å². The van der Waals surface area contributed by atoms with E-state index in [0.717, 1.165) is 42.8 Å². The van der Waals surface area contributed by atoms with Gasteiger partial charge >= 0.3 is 0 Å². The molecule has 2 saturated heterocycles. The Kier molecular flexibility index (Phi) is 6.25. The average molecular weight is 478 g/mol. The number of aryl methyl sites for hydroxylation is 1. The summed E-state index contributed by atoms with van der Waals surface area (Å²) in [6, 6.07) is 6.22. The topological polar surface area (TPSA) is 62.1 Å². The summed E-state index contributed by atoms with van der Waals surface area (Å²) in [6.45, 7) is 14.9. The van der Waals surface area contributed by atoms with E-state index in [4.69, 9.17) is 4.98 Å². The van der Waals surface area contributed by atoms with Gasteiger partial charge in [0.05, 0.1) is 17.6 Å². The number of aromatic nitrogens is 4. The quantitative estimate of drug-likeness (QED) is 0.511. The largest absolute Gasteiger partial charge is 0.369 e. The van der Waals surface area contributed by atoms with Gasteiger partial charge in [0.15, 0.2) is 0 Å². The molecule has 1 N–H and O–H groups in total. The van der Waals surface area contributed by atoms with Gasteiger partial charge in [0.1, 0.15) is 5.82 Å². The van der Waals surface area contributed by atoms with Gasteiger partial charge in [0, 0.05) is 61.9 Å². The van der Waals surface area contributed by atoms with E-state index in [1.807, 2.05) is 36.1 Å². The highest BCUT2D eigenvalue weighted by Gasteiger charge is 2.45. The van der Waals surface area contributed by atoms with Crippen molar-refractivity contribution >= 4 is 17.3 Å². The fourth-order valence-corrected chi connectivity index (χ4v) is 5.23. The first-order valence-corrected chi connectivity index (χ1v) is 12.7. The van der Waals surface area contributed by atoms with E-state index in [-0.39, 0.29) is 11.9 Å². The summed E-state index contributed by atoms with van der Waals surface area (Å²) in [5.41, 5.74) is 4.47. The molecule has 0 saturated carbocycles. The Morgan fingerprint density at radius 1 is 1.03 bits per heavy atom. The molecule has 0 amide bonds. The molecule has 0 unspecified atom stereocenters. The molecule has 2 aliphatic rings. The zero-order valence-electron chi connectivity index (χ0n) is 21.4. The molecule has 2 aliphatic heterocycles. The summed E-state index contributed by atoms with van der Waals surface area (Å²) in [6.07, 6.45) is 7.85. The summed E-state index contributed by atoms with van der Waals surface area (Å²) in [7, 11) is 0. The van der Waals surface area contributed by atoms with Crippen LogP contribution < -0.4 is 10.2 Å². The van der Waals surface area contributed by atoms with Crippen LogP contribution in [0.1, 0.15) is 52.1 Å². The lowest BCUT2D eigenvalue weighted by Crippen LogP contribution is -2.62. The van der Waals surface area contributed by atoms with Crippen LogP contribution in [0.5, 0.6) is 0 Å². The zero-order valence-corrected chi connectivity index (χ0v) is 21.4. The maximum Gasteiger partial charge on any atom is 0.227 e. The van der Waals surface area contributed by atoms with Crippen LogP contribution in [0.15, 0.2) is 36.8 Å². The summed E-state index contributed by atoms with van der Waals surface area (Å²) >= 11 is 0. The highest BCUT2D eigenvalue weighted by atomic mass is 19.1. The molecule has 0 atom stereocenters. The molecular formula is C27H36FN7. The lowest BCUT2D eigenvalue weighted by Gasteiger charge is -2.56. The number of nitrogens with one attached hydrogen (secondary N) is 1. The Hall–Kier alpha value is -3.00. The Morgan fingerprint density at radius 2 is 1.77 bits per heavy atom. The van der Waals surface area contributed by atoms with Gasteiger partial charge in [-0.15, -0.1) is 0 Å². The highest BCUT2D eigenvalue weighted by molar-refractivity contribution is 5.65. The van der Waals surface area contributed by atoms with Gasteiger partial charge in [0.25, 0.3) is 0 Å². The maximum absolute atomic E-state index is 15.1. The average Bonchev–Trinajstić information content (AvgIpc) is 3.29. The third kappa shape index (κ3) is 4.76. The van der Waals surface area contributed by atoms with E-state index in [1.165, 1.54) is 13.1 Å². The molecule has 35 heavy (non-hydrogen) atoms. The molecule has 0 radical (unpaired) electrons. The number of benzene rings is 1. The number of halogens is 1. The summed E-state index contributed by atoms with van der Waals surface area (Å²) in [5, 5.41) is 7.60. The molecule has 4 heterocycles. The SMILES string of the molecule is Cc1cnc(Nc2ccc(N3CCC4(CC3)CN(C(C)C)C4)c(F)c2)nc1-c1cnn(C(C)C)c1. The van der Waals surface area contributed by atoms with Gasteiger partial charge in [-0.1, -0.05) is 0 Å². The number of nitrogens with zero attached hydrogens (tertiary/aromatic N) is 6. The molecule has 3 aromatic rings. The van der Waals surface area contributed by atoms with Crippen molar-refractivity contribution in [3.8, 4) is 11.3 Å². The molecule has 186 valence electrons. The van der Waals surface area contributed by atoms with E-state index in [0.29, 0.717) is 28.8 Å². The van der Waals surface area contributed by atoms with Gasteiger partial charge in [-0.25, -0.2) is 14.4 Å². The summed E-state index contributed by atoms with van der Waals surface area (Å²) in [4.78, 5) is 13.8. The Balaban J connectivity index is 1.26. The van der Waals surface area contributed by atoms with Crippen LogP contribution in [0.25, 0.3) is 11.3 Å². The van der Waals surface area contributed by atoms with Gasteiger partial charge in [0.2, 0.25) is 5.95 Å². The second kappa shape index (κ2) is 9.22. The number of hydrogen-bond donors (Lipinski definition) is 1. The third-order valence-electron chi connectivity index (χ3n) is 7.55. The summed E-state index contributed by atoms with van der Waals surface area (Å²) in [5.74, 6) is 0.226. The van der Waals surface area contributed by atoms with Crippen LogP contribution >= 0.6 is 0 Å². The van der Waals surface area contributed by atoms with Crippen LogP contribution in [0.2, 0.25) is 0 Å². The third-order valence-corrected chi connectivity index (χ3v) is 7.55. The zero-order chi connectivity index (χ0) is 24.7. The van der Waals surface area contributed by atoms with Crippen molar-refractivity contribution in [3.63, 3.8) is 0 Å². The molecule has 0 bridgehead atoms. The first kappa shape index (κ1) is 23.7. The second-order valence-corrected chi connectivity index (χ2v) is 10.8. The smallest absolute Gasteiger partial charge is 0.227 e. The lowest BCUT2D eigenvalue weighted by atomic mass is 9.71. The van der Waals surface area contributed by atoms with Crippen LogP contribution in [-0.4, -0.2) is 56.9 Å². The van der Waals surface area contributed by atoms with E-state index in [2.05, 4.69) is 52.9 Å². The van der Waals surface area contributed by atoms with E-state index < -0.39 is 0 Å². The first-order chi connectivity index (χ1) is 16.7. The normalized spacial score (nSPS) is 17.9. The fourth-order valence-electron chi connectivity index (χ4n) is 5.23. The van der Waals surface area contributed by atoms with Crippen molar-refractivity contribution in [1.82, 2.24) is 24.6 Å². The minimum absolute atomic E-state index is 0.214. The van der Waals surface area contributed by atoms with Crippen molar-refractivity contribution in [3.05, 3.63) is 48.2 Å². The molecule has 0 aliphatic carbocycles. The van der Waals surface area contributed by atoms with Crippen LogP contribution in [0.3, 0.4) is 0 Å². The van der Waals surface area contributed by atoms with E-state index in [9.17, 15) is 0 Å². The predicted molar refractivity (Wildman–Crippen MR) is 139 cm³/mol. The Bertz CT molecular complexity index is 1190. The molecule has 5 rings (SSSR count). The van der Waals surface area contributed by atoms with Crippen molar-refractivity contribution in [2.45, 2.75) is 59.5 Å². The highest BCUT2D eigenvalue weighted by Crippen LogP contribution is 2.42. The number of likely N-dealkylation sites (tertiary alicyclic amines) is 1. The molecule has 7 nitrogen and oxygen atoms in total.